The molecule has 0 amide bonds. The van der Waals surface area contributed by atoms with Crippen molar-refractivity contribution in [2.24, 2.45) is 0 Å². The molecule has 1 aromatic heterocycles. The summed E-state index contributed by atoms with van der Waals surface area (Å²) in [6.45, 7) is 0.612. The Morgan fingerprint density at radius 3 is 2.60 bits per heavy atom. The molecule has 0 saturated heterocycles. The van der Waals surface area contributed by atoms with E-state index >= 15 is 0 Å². The van der Waals surface area contributed by atoms with Crippen LogP contribution in [0.4, 0.5) is 0 Å². The minimum Gasteiger partial charge on any atom is -0.393 e. The zero-order chi connectivity index (χ0) is 13.8. The fourth-order valence-corrected chi connectivity index (χ4v) is 3.42. The van der Waals surface area contributed by atoms with E-state index in [-0.39, 0.29) is 6.10 Å². The van der Waals surface area contributed by atoms with Gasteiger partial charge in [0, 0.05) is 6.20 Å². The minimum absolute atomic E-state index is 0.111. The zero-order valence-corrected chi connectivity index (χ0v) is 12.2. The number of rotatable bonds is 4. The van der Waals surface area contributed by atoms with E-state index in [2.05, 4.69) is 22.0 Å². The van der Waals surface area contributed by atoms with E-state index in [0.29, 0.717) is 18.8 Å². The van der Waals surface area contributed by atoms with Crippen LogP contribution in [0.15, 0.2) is 12.3 Å². The largest absolute Gasteiger partial charge is 0.393 e. The van der Waals surface area contributed by atoms with Crippen molar-refractivity contribution < 1.29 is 9.84 Å². The van der Waals surface area contributed by atoms with Gasteiger partial charge in [-0.05, 0) is 44.6 Å². The number of hydrogen-bond acceptors (Lipinski definition) is 3. The summed E-state index contributed by atoms with van der Waals surface area (Å²) in [5.74, 6) is 0. The quantitative estimate of drug-likeness (QED) is 0.920. The second-order valence-electron chi connectivity index (χ2n) is 6.32. The van der Waals surface area contributed by atoms with Crippen molar-refractivity contribution in [3.05, 3.63) is 18.0 Å². The Labute approximate surface area is 121 Å². The van der Waals surface area contributed by atoms with E-state index in [4.69, 9.17) is 4.74 Å². The molecule has 0 aromatic carbocycles. The van der Waals surface area contributed by atoms with E-state index in [1.807, 2.05) is 0 Å². The van der Waals surface area contributed by atoms with Crippen LogP contribution in [0.5, 0.6) is 0 Å². The fraction of sp³-hybridized carbons (Fsp3) is 0.812. The van der Waals surface area contributed by atoms with Gasteiger partial charge in [-0.25, -0.2) is 0 Å². The van der Waals surface area contributed by atoms with Crippen molar-refractivity contribution in [1.82, 2.24) is 9.78 Å². The van der Waals surface area contributed by atoms with Crippen LogP contribution in [0, 0.1) is 0 Å². The van der Waals surface area contributed by atoms with Gasteiger partial charge in [0.25, 0.3) is 0 Å². The molecule has 0 aliphatic heterocycles. The Hall–Kier alpha value is -0.870. The van der Waals surface area contributed by atoms with Gasteiger partial charge in [-0.3, -0.25) is 4.68 Å². The molecule has 2 fully saturated rings. The Morgan fingerprint density at radius 2 is 1.85 bits per heavy atom. The molecule has 0 unspecified atom stereocenters. The highest BCUT2D eigenvalue weighted by atomic mass is 16.5. The van der Waals surface area contributed by atoms with Crippen LogP contribution in [0.1, 0.15) is 69.5 Å². The summed E-state index contributed by atoms with van der Waals surface area (Å²) >= 11 is 0. The maximum atomic E-state index is 9.49. The molecule has 2 saturated carbocycles. The summed E-state index contributed by atoms with van der Waals surface area (Å²) in [4.78, 5) is 0. The summed E-state index contributed by atoms with van der Waals surface area (Å²) in [5, 5.41) is 14.2. The van der Waals surface area contributed by atoms with Crippen molar-refractivity contribution in [1.29, 1.82) is 0 Å². The van der Waals surface area contributed by atoms with Crippen LogP contribution in [-0.4, -0.2) is 27.1 Å². The summed E-state index contributed by atoms with van der Waals surface area (Å²) in [5.41, 5.74) is 1.04. The first-order chi connectivity index (χ1) is 9.81. The lowest BCUT2D eigenvalue weighted by molar-refractivity contribution is -0.0132. The normalized spacial score (nSPS) is 28.6. The molecule has 112 valence electrons. The van der Waals surface area contributed by atoms with Crippen molar-refractivity contribution in [3.63, 3.8) is 0 Å². The molecule has 0 radical (unpaired) electrons. The molecule has 20 heavy (non-hydrogen) atoms. The first-order valence-corrected chi connectivity index (χ1v) is 8.15. The maximum Gasteiger partial charge on any atom is 0.0910 e. The van der Waals surface area contributed by atoms with Crippen molar-refractivity contribution >= 4 is 0 Å². The maximum absolute atomic E-state index is 9.49. The number of ether oxygens (including phenoxy) is 1. The summed E-state index contributed by atoms with van der Waals surface area (Å²) in [6, 6.07) is 2.69. The molecule has 0 spiro atoms. The molecular weight excluding hydrogens is 252 g/mol. The standard InChI is InChI=1S/C16H26N2O2/c19-15-6-8-16(9-7-15)20-12-13-10-11-18(17-13)14-4-2-1-3-5-14/h10-11,14-16,19H,1-9,12H2. The topological polar surface area (TPSA) is 47.3 Å². The third-order valence-corrected chi connectivity index (χ3v) is 4.72. The molecule has 2 aliphatic carbocycles. The van der Waals surface area contributed by atoms with Gasteiger partial charge in [0.05, 0.1) is 30.6 Å². The van der Waals surface area contributed by atoms with Gasteiger partial charge in [-0.2, -0.15) is 5.10 Å². The number of aliphatic hydroxyl groups excluding tert-OH is 1. The molecule has 3 rings (SSSR count). The highest BCUT2D eigenvalue weighted by molar-refractivity contribution is 4.98. The van der Waals surface area contributed by atoms with E-state index < -0.39 is 0 Å². The van der Waals surface area contributed by atoms with Gasteiger partial charge < -0.3 is 9.84 Å². The number of aliphatic hydroxyl groups is 1. The molecule has 2 aliphatic rings. The third-order valence-electron chi connectivity index (χ3n) is 4.72. The molecule has 1 heterocycles. The predicted molar refractivity (Wildman–Crippen MR) is 77.4 cm³/mol. The summed E-state index contributed by atoms with van der Waals surface area (Å²) in [6.07, 6.45) is 12.6. The van der Waals surface area contributed by atoms with Gasteiger partial charge in [-0.1, -0.05) is 19.3 Å². The van der Waals surface area contributed by atoms with E-state index in [9.17, 15) is 5.11 Å². The Kier molecular flexibility index (Phi) is 4.73. The van der Waals surface area contributed by atoms with Gasteiger partial charge in [0.15, 0.2) is 0 Å². The molecule has 1 N–H and O–H groups in total. The van der Waals surface area contributed by atoms with Crippen molar-refractivity contribution in [2.75, 3.05) is 0 Å². The van der Waals surface area contributed by atoms with Crippen LogP contribution >= 0.6 is 0 Å². The van der Waals surface area contributed by atoms with E-state index in [1.54, 1.807) is 0 Å². The van der Waals surface area contributed by atoms with Gasteiger partial charge in [0.1, 0.15) is 0 Å². The molecule has 0 atom stereocenters. The molecule has 4 nitrogen and oxygen atoms in total. The van der Waals surface area contributed by atoms with Crippen molar-refractivity contribution in [3.8, 4) is 0 Å². The summed E-state index contributed by atoms with van der Waals surface area (Å²) in [7, 11) is 0. The van der Waals surface area contributed by atoms with E-state index in [0.717, 1.165) is 31.4 Å². The van der Waals surface area contributed by atoms with Gasteiger partial charge in [0.2, 0.25) is 0 Å². The SMILES string of the molecule is OC1CCC(OCc2ccn(C3CCCCC3)n2)CC1. The van der Waals surface area contributed by atoms with Crippen LogP contribution in [-0.2, 0) is 11.3 Å². The molecule has 1 aromatic rings. The van der Waals surface area contributed by atoms with Crippen LogP contribution in [0.3, 0.4) is 0 Å². The van der Waals surface area contributed by atoms with Gasteiger partial charge >= 0.3 is 0 Å². The lowest BCUT2D eigenvalue weighted by atomic mass is 9.95. The average molecular weight is 278 g/mol. The van der Waals surface area contributed by atoms with Crippen LogP contribution < -0.4 is 0 Å². The summed E-state index contributed by atoms with van der Waals surface area (Å²) < 4.78 is 8.07. The highest BCUT2D eigenvalue weighted by Crippen LogP contribution is 2.27. The lowest BCUT2D eigenvalue weighted by Crippen LogP contribution is -2.24. The molecule has 0 bridgehead atoms. The smallest absolute Gasteiger partial charge is 0.0910 e. The Balaban J connectivity index is 1.47. The first kappa shape index (κ1) is 14.1. The third kappa shape index (κ3) is 3.61. The van der Waals surface area contributed by atoms with Crippen LogP contribution in [0.25, 0.3) is 0 Å². The molecular formula is C16H26N2O2. The Morgan fingerprint density at radius 1 is 1.10 bits per heavy atom. The zero-order valence-electron chi connectivity index (χ0n) is 12.2. The Bertz CT molecular complexity index is 404. The average Bonchev–Trinajstić information content (AvgIpc) is 2.97. The fourth-order valence-electron chi connectivity index (χ4n) is 3.42. The number of nitrogens with zero attached hydrogens (tertiary/aromatic N) is 2. The van der Waals surface area contributed by atoms with Gasteiger partial charge in [-0.15, -0.1) is 0 Å². The second-order valence-corrected chi connectivity index (χ2v) is 6.32. The molecule has 4 heteroatoms. The predicted octanol–water partition coefficient (Wildman–Crippen LogP) is 3.21. The van der Waals surface area contributed by atoms with E-state index in [1.165, 1.54) is 32.1 Å². The number of aromatic nitrogens is 2. The van der Waals surface area contributed by atoms with Crippen LogP contribution in [0.2, 0.25) is 0 Å². The lowest BCUT2D eigenvalue weighted by Gasteiger charge is -2.25. The first-order valence-electron chi connectivity index (χ1n) is 8.15. The van der Waals surface area contributed by atoms with Crippen molar-refractivity contribution in [2.45, 2.75) is 82.6 Å². The highest BCUT2D eigenvalue weighted by Gasteiger charge is 2.20. The minimum atomic E-state index is -0.111. The monoisotopic (exact) mass is 278 g/mol. The second kappa shape index (κ2) is 6.72. The number of hydrogen-bond donors (Lipinski definition) is 1.